The Kier molecular flexibility index (Phi) is 4.49. The van der Waals surface area contributed by atoms with Crippen LogP contribution >= 0.6 is 0 Å². The van der Waals surface area contributed by atoms with Crippen molar-refractivity contribution in [3.05, 3.63) is 17.8 Å². The van der Waals surface area contributed by atoms with Crippen molar-refractivity contribution in [2.45, 2.75) is 6.10 Å². The van der Waals surface area contributed by atoms with E-state index in [4.69, 9.17) is 15.2 Å². The molecule has 0 aromatic carbocycles. The number of anilines is 1. The number of nitrogens with two attached hydrogens (primary N) is 1. The highest BCUT2D eigenvalue weighted by Gasteiger charge is 2.22. The minimum absolute atomic E-state index is 0.105. The van der Waals surface area contributed by atoms with Gasteiger partial charge in [0.1, 0.15) is 11.7 Å². The third kappa shape index (κ3) is 3.22. The normalized spacial score (nSPS) is 18.4. The molecule has 20 heavy (non-hydrogen) atoms. The number of carbonyl (C=O) groups excluding carboxylic acids is 2. The standard InChI is InChI=1S/C12H16N4O4/c1-19-12-8(10(13)17)4-7(5-15-12)16-11(18)9-6-14-2-3-20-9/h4-5,9,14H,2-3,6H2,1H3,(H2,13,17)(H,16,18). The zero-order valence-electron chi connectivity index (χ0n) is 11.0. The zero-order valence-corrected chi connectivity index (χ0v) is 11.0. The van der Waals surface area contributed by atoms with Crippen molar-refractivity contribution in [2.24, 2.45) is 5.73 Å². The van der Waals surface area contributed by atoms with Crippen LogP contribution < -0.4 is 21.1 Å². The number of ether oxygens (including phenoxy) is 2. The Hall–Kier alpha value is -2.19. The number of nitrogens with zero attached hydrogens (tertiary/aromatic N) is 1. The van der Waals surface area contributed by atoms with E-state index in [-0.39, 0.29) is 17.4 Å². The van der Waals surface area contributed by atoms with E-state index < -0.39 is 12.0 Å². The van der Waals surface area contributed by atoms with E-state index in [2.05, 4.69) is 15.6 Å². The summed E-state index contributed by atoms with van der Waals surface area (Å²) in [5.41, 5.74) is 5.69. The maximum Gasteiger partial charge on any atom is 0.254 e. The lowest BCUT2D eigenvalue weighted by Gasteiger charge is -2.22. The maximum atomic E-state index is 12.0. The summed E-state index contributed by atoms with van der Waals surface area (Å²) in [5.74, 6) is -0.869. The monoisotopic (exact) mass is 280 g/mol. The summed E-state index contributed by atoms with van der Waals surface area (Å²) in [6.45, 7) is 1.64. The number of primary amides is 1. The highest BCUT2D eigenvalue weighted by atomic mass is 16.5. The van der Waals surface area contributed by atoms with Gasteiger partial charge in [-0.05, 0) is 6.07 Å². The average Bonchev–Trinajstić information content (AvgIpc) is 2.48. The number of hydrogen-bond donors (Lipinski definition) is 3. The van der Waals surface area contributed by atoms with Crippen LogP contribution in [0.2, 0.25) is 0 Å². The molecule has 1 atom stereocenters. The van der Waals surface area contributed by atoms with Gasteiger partial charge in [0, 0.05) is 13.1 Å². The van der Waals surface area contributed by atoms with Gasteiger partial charge in [-0.25, -0.2) is 4.98 Å². The SMILES string of the molecule is COc1ncc(NC(=O)C2CNCCO2)cc1C(N)=O. The molecule has 2 rings (SSSR count). The smallest absolute Gasteiger partial charge is 0.254 e. The Morgan fingerprint density at radius 3 is 3.00 bits per heavy atom. The number of hydrogen-bond acceptors (Lipinski definition) is 6. The van der Waals surface area contributed by atoms with Gasteiger partial charge >= 0.3 is 0 Å². The lowest BCUT2D eigenvalue weighted by Crippen LogP contribution is -2.45. The van der Waals surface area contributed by atoms with Crippen LogP contribution in [0.3, 0.4) is 0 Å². The second-order valence-corrected chi connectivity index (χ2v) is 4.20. The van der Waals surface area contributed by atoms with Crippen LogP contribution in [0.4, 0.5) is 5.69 Å². The lowest BCUT2D eigenvalue weighted by molar-refractivity contribution is -0.128. The number of carbonyl (C=O) groups is 2. The van der Waals surface area contributed by atoms with Crippen LogP contribution in [0.25, 0.3) is 0 Å². The molecule has 1 saturated heterocycles. The van der Waals surface area contributed by atoms with Gasteiger partial charge in [-0.1, -0.05) is 0 Å². The van der Waals surface area contributed by atoms with Gasteiger partial charge in [-0.2, -0.15) is 0 Å². The number of pyridine rings is 1. The molecule has 1 aromatic heterocycles. The molecule has 0 aliphatic carbocycles. The molecule has 8 nitrogen and oxygen atoms in total. The molecular formula is C12H16N4O4. The van der Waals surface area contributed by atoms with Crippen LogP contribution in [0, 0.1) is 0 Å². The van der Waals surface area contributed by atoms with Crippen LogP contribution in [-0.4, -0.2) is 49.7 Å². The van der Waals surface area contributed by atoms with Crippen molar-refractivity contribution < 1.29 is 19.1 Å². The predicted octanol–water partition coefficient (Wildman–Crippen LogP) is -0.884. The fourth-order valence-corrected chi connectivity index (χ4v) is 1.82. The highest BCUT2D eigenvalue weighted by Crippen LogP contribution is 2.19. The van der Waals surface area contributed by atoms with Gasteiger partial charge in [0.25, 0.3) is 11.8 Å². The van der Waals surface area contributed by atoms with Gasteiger partial charge in [0.15, 0.2) is 0 Å². The van der Waals surface area contributed by atoms with Crippen molar-refractivity contribution in [1.29, 1.82) is 0 Å². The van der Waals surface area contributed by atoms with E-state index >= 15 is 0 Å². The fraction of sp³-hybridized carbons (Fsp3) is 0.417. The molecule has 1 aromatic rings. The van der Waals surface area contributed by atoms with Crippen LogP contribution in [-0.2, 0) is 9.53 Å². The molecule has 1 aliphatic heterocycles. The van der Waals surface area contributed by atoms with Crippen LogP contribution in [0.1, 0.15) is 10.4 Å². The van der Waals surface area contributed by atoms with Gasteiger partial charge in [-0.15, -0.1) is 0 Å². The molecule has 1 fully saturated rings. The number of aromatic nitrogens is 1. The summed E-state index contributed by atoms with van der Waals surface area (Å²) in [4.78, 5) is 27.1. The Bertz CT molecular complexity index is 514. The Labute approximate surface area is 115 Å². The topological polar surface area (TPSA) is 116 Å². The van der Waals surface area contributed by atoms with Gasteiger partial charge in [-0.3, -0.25) is 9.59 Å². The Balaban J connectivity index is 2.10. The maximum absolute atomic E-state index is 12.0. The minimum atomic E-state index is -0.680. The second-order valence-electron chi connectivity index (χ2n) is 4.20. The van der Waals surface area contributed by atoms with E-state index in [0.717, 1.165) is 6.54 Å². The zero-order chi connectivity index (χ0) is 14.5. The lowest BCUT2D eigenvalue weighted by atomic mass is 10.2. The quantitative estimate of drug-likeness (QED) is 0.659. The number of rotatable bonds is 4. The third-order valence-electron chi connectivity index (χ3n) is 2.80. The molecule has 8 heteroatoms. The molecule has 0 saturated carbocycles. The van der Waals surface area contributed by atoms with Crippen molar-refractivity contribution in [3.8, 4) is 5.88 Å². The first kappa shape index (κ1) is 14.2. The number of nitrogens with one attached hydrogen (secondary N) is 2. The second kappa shape index (κ2) is 6.31. The van der Waals surface area contributed by atoms with E-state index in [1.807, 2.05) is 0 Å². The first-order valence-electron chi connectivity index (χ1n) is 6.09. The van der Waals surface area contributed by atoms with Crippen molar-refractivity contribution in [1.82, 2.24) is 10.3 Å². The molecule has 0 bridgehead atoms. The van der Waals surface area contributed by atoms with Crippen LogP contribution in [0.5, 0.6) is 5.88 Å². The van der Waals surface area contributed by atoms with E-state index in [0.29, 0.717) is 18.8 Å². The van der Waals surface area contributed by atoms with E-state index in [1.165, 1.54) is 19.4 Å². The molecule has 108 valence electrons. The highest BCUT2D eigenvalue weighted by molar-refractivity contribution is 5.98. The van der Waals surface area contributed by atoms with Crippen LogP contribution in [0.15, 0.2) is 12.3 Å². The summed E-state index contributed by atoms with van der Waals surface area (Å²) < 4.78 is 10.2. The molecule has 1 aliphatic rings. The summed E-state index contributed by atoms with van der Waals surface area (Å²) in [5, 5.41) is 5.68. The average molecular weight is 280 g/mol. The number of morpholine rings is 1. The molecule has 4 N–H and O–H groups in total. The Morgan fingerprint density at radius 1 is 1.60 bits per heavy atom. The van der Waals surface area contributed by atoms with Crippen molar-refractivity contribution in [3.63, 3.8) is 0 Å². The number of amides is 2. The molecule has 0 radical (unpaired) electrons. The largest absolute Gasteiger partial charge is 0.480 e. The summed E-state index contributed by atoms with van der Waals surface area (Å²) in [7, 11) is 1.38. The Morgan fingerprint density at radius 2 is 2.40 bits per heavy atom. The van der Waals surface area contributed by atoms with Gasteiger partial charge < -0.3 is 25.8 Å². The van der Waals surface area contributed by atoms with E-state index in [1.54, 1.807) is 0 Å². The first-order chi connectivity index (χ1) is 9.61. The van der Waals surface area contributed by atoms with Gasteiger partial charge in [0.2, 0.25) is 5.88 Å². The molecule has 0 spiro atoms. The minimum Gasteiger partial charge on any atom is -0.480 e. The summed E-state index contributed by atoms with van der Waals surface area (Å²) >= 11 is 0. The third-order valence-corrected chi connectivity index (χ3v) is 2.80. The summed E-state index contributed by atoms with van der Waals surface area (Å²) in [6.07, 6.45) is 0.822. The first-order valence-corrected chi connectivity index (χ1v) is 6.09. The molecule has 2 amide bonds. The van der Waals surface area contributed by atoms with Crippen molar-refractivity contribution in [2.75, 3.05) is 32.1 Å². The van der Waals surface area contributed by atoms with Crippen molar-refractivity contribution >= 4 is 17.5 Å². The molecular weight excluding hydrogens is 264 g/mol. The molecule has 1 unspecified atom stereocenters. The number of methoxy groups -OCH3 is 1. The van der Waals surface area contributed by atoms with E-state index in [9.17, 15) is 9.59 Å². The van der Waals surface area contributed by atoms with Gasteiger partial charge in [0.05, 0.1) is 25.6 Å². The fourth-order valence-electron chi connectivity index (χ4n) is 1.82. The predicted molar refractivity (Wildman–Crippen MR) is 70.5 cm³/mol. The molecule has 2 heterocycles. The summed E-state index contributed by atoms with van der Waals surface area (Å²) in [6, 6.07) is 1.42.